The Labute approximate surface area is 316 Å². The summed E-state index contributed by atoms with van der Waals surface area (Å²) in [5.41, 5.74) is 3.33. The van der Waals surface area contributed by atoms with Crippen molar-refractivity contribution in [2.75, 3.05) is 28.1 Å². The van der Waals surface area contributed by atoms with Gasteiger partial charge >= 0.3 is 0 Å². The van der Waals surface area contributed by atoms with E-state index in [2.05, 4.69) is 25.0 Å². The Morgan fingerprint density at radius 3 is 2.29 bits per heavy atom. The van der Waals surface area contributed by atoms with Crippen molar-refractivity contribution in [1.29, 1.82) is 0 Å². The maximum atomic E-state index is 13.9. The number of benzene rings is 5. The molecule has 3 N–H and O–H groups in total. The lowest BCUT2D eigenvalue weighted by atomic mass is 10.1. The lowest BCUT2D eigenvalue weighted by Gasteiger charge is -2.21. The third-order valence-electron chi connectivity index (χ3n) is 8.34. The minimum Gasteiger partial charge on any atom is -0.507 e. The highest BCUT2D eigenvalue weighted by Crippen LogP contribution is 2.34. The van der Waals surface area contributed by atoms with Gasteiger partial charge in [-0.3, -0.25) is 9.79 Å². The van der Waals surface area contributed by atoms with Gasteiger partial charge in [-0.15, -0.1) is 0 Å². The normalized spacial score (nSPS) is 11.6. The summed E-state index contributed by atoms with van der Waals surface area (Å²) in [6, 6.07) is 28.2. The molecule has 0 aliphatic rings. The van der Waals surface area contributed by atoms with Crippen molar-refractivity contribution in [1.82, 2.24) is 9.66 Å². The zero-order valence-corrected chi connectivity index (χ0v) is 31.1. The zero-order valence-electron chi connectivity index (χ0n) is 28.0. The molecule has 0 spiro atoms. The van der Waals surface area contributed by atoms with E-state index in [1.807, 2.05) is 44.2 Å². The largest absolute Gasteiger partial charge is 0.507 e. The number of rotatable bonds is 12. The number of sulfonamides is 1. The van der Waals surface area contributed by atoms with Crippen LogP contribution in [0.4, 0.5) is 22.7 Å². The molecule has 0 fully saturated rings. The second-order valence-corrected chi connectivity index (χ2v) is 14.6. The van der Waals surface area contributed by atoms with Crippen molar-refractivity contribution >= 4 is 84.7 Å². The Hall–Kier alpha value is -5.07. The molecule has 52 heavy (non-hydrogen) atoms. The fraction of sp³-hybridized carbons (Fsp3) is 0.132. The Bertz CT molecular complexity index is 2450. The third-order valence-corrected chi connectivity index (χ3v) is 10.5. The molecule has 0 atom stereocenters. The summed E-state index contributed by atoms with van der Waals surface area (Å²) in [6.07, 6.45) is 1.54. The zero-order chi connectivity index (χ0) is 37.0. The van der Waals surface area contributed by atoms with Crippen LogP contribution in [0.15, 0.2) is 118 Å². The number of hydrogen-bond donors (Lipinski definition) is 3. The van der Waals surface area contributed by atoms with Gasteiger partial charge in [-0.2, -0.15) is 13.1 Å². The minimum absolute atomic E-state index is 0.0296. The number of hydrogen-bond acceptors (Lipinski definition) is 8. The van der Waals surface area contributed by atoms with Gasteiger partial charge in [-0.05, 0) is 92.2 Å². The monoisotopic (exact) mass is 774 g/mol. The van der Waals surface area contributed by atoms with E-state index in [0.717, 1.165) is 23.5 Å². The first-order chi connectivity index (χ1) is 25.0. The lowest BCUT2D eigenvalue weighted by molar-refractivity contribution is 0.474. The van der Waals surface area contributed by atoms with Crippen LogP contribution in [0.3, 0.4) is 0 Å². The van der Waals surface area contributed by atoms with Crippen LogP contribution in [0, 0.1) is 0 Å². The first kappa shape index (κ1) is 36.7. The van der Waals surface area contributed by atoms with Crippen LogP contribution < -0.4 is 20.6 Å². The molecule has 6 aromatic rings. The molecule has 0 aliphatic carbocycles. The Morgan fingerprint density at radius 2 is 1.60 bits per heavy atom. The van der Waals surface area contributed by atoms with Gasteiger partial charge in [-0.25, -0.2) is 9.82 Å². The van der Waals surface area contributed by atoms with Gasteiger partial charge in [0.05, 0.1) is 37.2 Å². The van der Waals surface area contributed by atoms with Crippen LogP contribution in [0.5, 0.6) is 5.75 Å². The molecule has 0 saturated heterocycles. The average molecular weight is 776 g/mol. The average Bonchev–Trinajstić information content (AvgIpc) is 3.12. The van der Waals surface area contributed by atoms with E-state index >= 15 is 0 Å². The van der Waals surface area contributed by atoms with E-state index < -0.39 is 15.6 Å². The van der Waals surface area contributed by atoms with Crippen molar-refractivity contribution in [3.05, 3.63) is 146 Å². The molecule has 0 amide bonds. The topological polar surface area (TPSA) is 129 Å². The number of aromatic nitrogens is 2. The molecule has 0 unspecified atom stereocenters. The van der Waals surface area contributed by atoms with Crippen molar-refractivity contribution in [2.45, 2.75) is 25.2 Å². The summed E-state index contributed by atoms with van der Waals surface area (Å²) in [5.74, 6) is 0.186. The van der Waals surface area contributed by atoms with Crippen molar-refractivity contribution in [3.63, 3.8) is 0 Å². The summed E-state index contributed by atoms with van der Waals surface area (Å²) >= 11 is 19.1. The Kier molecular flexibility index (Phi) is 11.1. The van der Waals surface area contributed by atoms with Crippen molar-refractivity contribution in [2.24, 2.45) is 4.99 Å². The van der Waals surface area contributed by atoms with Gasteiger partial charge in [0.25, 0.3) is 15.6 Å². The minimum atomic E-state index is -4.31. The molecule has 1 heterocycles. The number of nitrogens with one attached hydrogen (secondary N) is 2. The van der Waals surface area contributed by atoms with Crippen molar-refractivity contribution < 1.29 is 13.5 Å². The number of phenolic OH excluding ortho intramolecular Hbond substituents is 1. The molecule has 14 heteroatoms. The van der Waals surface area contributed by atoms with Crippen molar-refractivity contribution in [3.8, 4) is 5.75 Å². The number of halogens is 3. The second kappa shape index (κ2) is 15.7. The Morgan fingerprint density at radius 1 is 0.885 bits per heavy atom. The molecule has 0 aliphatic heterocycles. The molecule has 0 bridgehead atoms. The SMILES string of the molecule is CCN(CC)c1ccc(C=Nc2ccc(S(=O)(=O)Nn3c(Cc4ccccc4Nc4c(Cl)cccc4Cl)nc4cc(Cl)ccc4c3=O)cc2)c(O)c1. The van der Waals surface area contributed by atoms with Crippen LogP contribution in [0.25, 0.3) is 10.9 Å². The van der Waals surface area contributed by atoms with Gasteiger partial charge in [0.15, 0.2) is 0 Å². The molecular weight excluding hydrogens is 743 g/mol. The van der Waals surface area contributed by atoms with Crippen LogP contribution in [0.1, 0.15) is 30.8 Å². The van der Waals surface area contributed by atoms with E-state index in [-0.39, 0.29) is 28.3 Å². The van der Waals surface area contributed by atoms with Gasteiger partial charge in [0.2, 0.25) is 0 Å². The van der Waals surface area contributed by atoms with E-state index in [9.17, 15) is 18.3 Å². The number of para-hydroxylation sites is 2. The van der Waals surface area contributed by atoms with Crippen LogP contribution in [0.2, 0.25) is 15.1 Å². The summed E-state index contributed by atoms with van der Waals surface area (Å²) in [7, 11) is -4.31. The number of anilines is 3. The van der Waals surface area contributed by atoms with Crippen LogP contribution in [-0.4, -0.2) is 42.5 Å². The quantitative estimate of drug-likeness (QED) is 0.106. The summed E-state index contributed by atoms with van der Waals surface area (Å²) in [4.78, 5) is 27.4. The molecule has 266 valence electrons. The van der Waals surface area contributed by atoms with E-state index in [1.54, 1.807) is 36.4 Å². The summed E-state index contributed by atoms with van der Waals surface area (Å²) in [5, 5.41) is 15.2. The lowest BCUT2D eigenvalue weighted by Crippen LogP contribution is -2.36. The highest BCUT2D eigenvalue weighted by Gasteiger charge is 2.21. The molecule has 5 aromatic carbocycles. The van der Waals surface area contributed by atoms with E-state index in [1.165, 1.54) is 42.6 Å². The van der Waals surface area contributed by atoms with E-state index in [4.69, 9.17) is 34.8 Å². The van der Waals surface area contributed by atoms with Crippen LogP contribution in [-0.2, 0) is 16.4 Å². The molecule has 1 aromatic heterocycles. The van der Waals surface area contributed by atoms with Crippen LogP contribution >= 0.6 is 34.8 Å². The number of fused-ring (bicyclic) bond motifs is 1. The maximum Gasteiger partial charge on any atom is 0.280 e. The highest BCUT2D eigenvalue weighted by atomic mass is 35.5. The molecular formula is C38H33Cl3N6O4S. The number of phenols is 1. The van der Waals surface area contributed by atoms with Gasteiger partial charge in [-0.1, -0.05) is 59.1 Å². The van der Waals surface area contributed by atoms with E-state index in [0.29, 0.717) is 48.8 Å². The number of nitrogens with zero attached hydrogens (tertiary/aromatic N) is 4. The summed E-state index contributed by atoms with van der Waals surface area (Å²) < 4.78 is 28.5. The third kappa shape index (κ3) is 8.03. The smallest absolute Gasteiger partial charge is 0.280 e. The first-order valence-electron chi connectivity index (χ1n) is 16.2. The molecule has 10 nitrogen and oxygen atoms in total. The predicted molar refractivity (Wildman–Crippen MR) is 212 cm³/mol. The molecule has 0 radical (unpaired) electrons. The van der Waals surface area contributed by atoms with Gasteiger partial charge < -0.3 is 15.3 Å². The maximum absolute atomic E-state index is 13.9. The fourth-order valence-electron chi connectivity index (χ4n) is 5.59. The fourth-order valence-corrected chi connectivity index (χ4v) is 7.28. The standard InChI is InChI=1S/C38H33Cl3N6O4S/c1-3-46(4-2)28-16-12-25(35(48)22-28)23-42-27-14-17-29(18-15-27)52(50,51)45-47-36(43-34-21-26(39)13-19-30(34)38(47)49)20-24-8-5-6-11-33(24)44-37-31(40)9-7-10-32(37)41/h5-19,21-23,44-45,48H,3-4,20H2,1-2H3. The second-order valence-electron chi connectivity index (χ2n) is 11.6. The highest BCUT2D eigenvalue weighted by molar-refractivity contribution is 7.92. The number of aromatic hydroxyl groups is 1. The molecule has 6 rings (SSSR count). The Balaban J connectivity index is 1.30. The summed E-state index contributed by atoms with van der Waals surface area (Å²) in [6.45, 7) is 5.70. The molecule has 0 saturated carbocycles. The number of aliphatic imine (C=N–C) groups is 1. The predicted octanol–water partition coefficient (Wildman–Crippen LogP) is 8.93. The van der Waals surface area contributed by atoms with Gasteiger partial charge in [0.1, 0.15) is 11.6 Å². The van der Waals surface area contributed by atoms with Gasteiger partial charge in [0, 0.05) is 53.8 Å². The first-order valence-corrected chi connectivity index (χ1v) is 18.8.